The Hall–Kier alpha value is -1.36. The molecule has 1 aromatic rings. The molecule has 3 N–H and O–H groups in total. The lowest BCUT2D eigenvalue weighted by molar-refractivity contribution is -0.386. The predicted molar refractivity (Wildman–Crippen MR) is 66.9 cm³/mol. The molecule has 1 rings (SSSR count). The molecule has 0 fully saturated rings. The van der Waals surface area contributed by atoms with Gasteiger partial charge in [-0.2, -0.15) is 5.26 Å². The molecule has 92 valence electrons. The monoisotopic (exact) mass is 321 g/mol. The molecule has 8 heteroatoms. The zero-order valence-electron chi connectivity index (χ0n) is 8.46. The van der Waals surface area contributed by atoms with Gasteiger partial charge in [0.15, 0.2) is 5.75 Å². The maximum atomic E-state index is 10.6. The van der Waals surface area contributed by atoms with Gasteiger partial charge in [-0.1, -0.05) is 15.9 Å². The van der Waals surface area contributed by atoms with Crippen LogP contribution in [-0.2, 0) is 0 Å². The highest BCUT2D eigenvalue weighted by atomic mass is 79.9. The molecule has 0 saturated heterocycles. The van der Waals surface area contributed by atoms with E-state index in [0.29, 0.717) is 4.47 Å². The second-order valence-electron chi connectivity index (χ2n) is 3.09. The van der Waals surface area contributed by atoms with Crippen LogP contribution in [0.25, 0.3) is 0 Å². The van der Waals surface area contributed by atoms with Crippen LogP contribution in [0.15, 0.2) is 16.6 Å². The topological polar surface area (TPSA) is 113 Å². The Labute approximate surface area is 112 Å². The van der Waals surface area contributed by atoms with Gasteiger partial charge in [-0.05, 0) is 6.07 Å². The van der Waals surface area contributed by atoms with E-state index in [9.17, 15) is 15.2 Å². The maximum absolute atomic E-state index is 10.6. The Morgan fingerprint density at radius 2 is 2.24 bits per heavy atom. The highest BCUT2D eigenvalue weighted by molar-refractivity contribution is 9.10. The molecule has 6 nitrogen and oxygen atoms in total. The number of aromatic hydroxyl groups is 1. The van der Waals surface area contributed by atoms with Crippen LogP contribution < -0.4 is 5.73 Å². The van der Waals surface area contributed by atoms with Crippen LogP contribution in [-0.4, -0.2) is 10.0 Å². The zero-order valence-corrected chi connectivity index (χ0v) is 10.9. The second kappa shape index (κ2) is 6.39. The van der Waals surface area contributed by atoms with Crippen LogP contribution in [0.3, 0.4) is 0 Å². The van der Waals surface area contributed by atoms with E-state index in [2.05, 4.69) is 15.9 Å². The Morgan fingerprint density at radius 1 is 1.65 bits per heavy atom. The van der Waals surface area contributed by atoms with Gasteiger partial charge in [0, 0.05) is 22.1 Å². The van der Waals surface area contributed by atoms with Gasteiger partial charge in [0.2, 0.25) is 0 Å². The molecule has 0 amide bonds. The van der Waals surface area contributed by atoms with Crippen molar-refractivity contribution in [3.05, 3.63) is 32.3 Å². The predicted octanol–water partition coefficient (Wildman–Crippen LogP) is 2.40. The van der Waals surface area contributed by atoms with Crippen molar-refractivity contribution in [1.82, 2.24) is 0 Å². The van der Waals surface area contributed by atoms with Crippen molar-refractivity contribution in [2.45, 2.75) is 12.5 Å². The van der Waals surface area contributed by atoms with Gasteiger partial charge in [-0.3, -0.25) is 10.1 Å². The molecule has 0 aromatic heterocycles. The van der Waals surface area contributed by atoms with Gasteiger partial charge in [0.1, 0.15) is 0 Å². The van der Waals surface area contributed by atoms with Crippen molar-refractivity contribution in [3.8, 4) is 11.8 Å². The first-order valence-corrected chi connectivity index (χ1v) is 5.06. The number of phenols is 1. The highest BCUT2D eigenvalue weighted by Gasteiger charge is 2.21. The minimum Gasteiger partial charge on any atom is -0.502 e. The molecular formula is C9H9BrClN3O3. The lowest BCUT2D eigenvalue weighted by Gasteiger charge is -2.10. The van der Waals surface area contributed by atoms with E-state index in [1.165, 1.54) is 12.1 Å². The van der Waals surface area contributed by atoms with E-state index in [0.717, 1.165) is 0 Å². The van der Waals surface area contributed by atoms with E-state index >= 15 is 0 Å². The smallest absolute Gasteiger partial charge is 0.312 e. The van der Waals surface area contributed by atoms with Crippen molar-refractivity contribution in [2.24, 2.45) is 5.73 Å². The van der Waals surface area contributed by atoms with E-state index in [1.807, 2.05) is 6.07 Å². The molecular weight excluding hydrogens is 313 g/mol. The third kappa shape index (κ3) is 3.56. The summed E-state index contributed by atoms with van der Waals surface area (Å²) in [6.45, 7) is 0. The van der Waals surface area contributed by atoms with Gasteiger partial charge >= 0.3 is 5.69 Å². The summed E-state index contributed by atoms with van der Waals surface area (Å²) in [7, 11) is 0. The lowest BCUT2D eigenvalue weighted by atomic mass is 10.0. The average Bonchev–Trinajstić information content (AvgIpc) is 2.20. The van der Waals surface area contributed by atoms with Crippen LogP contribution in [0.5, 0.6) is 5.75 Å². The summed E-state index contributed by atoms with van der Waals surface area (Å²) >= 11 is 3.08. The molecule has 0 bridgehead atoms. The number of nitriles is 1. The van der Waals surface area contributed by atoms with Gasteiger partial charge < -0.3 is 10.8 Å². The normalized spacial score (nSPS) is 11.1. The number of nitrogens with zero attached hydrogens (tertiary/aromatic N) is 2. The van der Waals surface area contributed by atoms with Crippen molar-refractivity contribution in [1.29, 1.82) is 5.26 Å². The minimum absolute atomic E-state index is 0. The van der Waals surface area contributed by atoms with Crippen LogP contribution in [0.4, 0.5) is 5.69 Å². The summed E-state index contributed by atoms with van der Waals surface area (Å²) in [5.74, 6) is -0.490. The summed E-state index contributed by atoms with van der Waals surface area (Å²) in [4.78, 5) is 9.92. The van der Waals surface area contributed by atoms with E-state index < -0.39 is 22.4 Å². The standard InChI is InChI=1S/C9H8BrN3O3.ClH/c10-5-3-6(7(12)1-2-11)9(14)8(4-5)13(15)16;/h3-4,7,14H,1,12H2;1H/t7-;/m0./s1. The molecule has 0 saturated carbocycles. The third-order valence-electron chi connectivity index (χ3n) is 1.99. The SMILES string of the molecule is Cl.N#CC[C@H](N)c1cc(Br)cc([N+](=O)[O-])c1O. The third-order valence-corrected chi connectivity index (χ3v) is 2.45. The number of hydrogen-bond acceptors (Lipinski definition) is 5. The van der Waals surface area contributed by atoms with E-state index in [4.69, 9.17) is 11.0 Å². The number of nitro benzene ring substituents is 1. The van der Waals surface area contributed by atoms with Crippen LogP contribution in [0.1, 0.15) is 18.0 Å². The molecule has 0 radical (unpaired) electrons. The number of rotatable bonds is 3. The van der Waals surface area contributed by atoms with Crippen LogP contribution in [0, 0.1) is 21.4 Å². The first-order valence-electron chi connectivity index (χ1n) is 4.26. The molecule has 0 aliphatic carbocycles. The fourth-order valence-corrected chi connectivity index (χ4v) is 1.70. The van der Waals surface area contributed by atoms with Gasteiger partial charge in [-0.15, -0.1) is 12.4 Å². The minimum atomic E-state index is -0.749. The van der Waals surface area contributed by atoms with Crippen molar-refractivity contribution in [3.63, 3.8) is 0 Å². The molecule has 0 aliphatic rings. The molecule has 1 atom stereocenters. The number of phenolic OH excluding ortho intramolecular Hbond substituents is 1. The summed E-state index contributed by atoms with van der Waals surface area (Å²) in [5.41, 5.74) is 5.37. The molecule has 0 heterocycles. The van der Waals surface area contributed by atoms with Gasteiger partial charge in [0.05, 0.1) is 17.4 Å². The number of nitrogens with two attached hydrogens (primary N) is 1. The molecule has 0 spiro atoms. The molecule has 0 aliphatic heterocycles. The van der Waals surface area contributed by atoms with Gasteiger partial charge in [-0.25, -0.2) is 0 Å². The molecule has 0 unspecified atom stereocenters. The quantitative estimate of drug-likeness (QED) is 0.655. The van der Waals surface area contributed by atoms with Crippen LogP contribution in [0.2, 0.25) is 0 Å². The Balaban J connectivity index is 0.00000256. The lowest BCUT2D eigenvalue weighted by Crippen LogP contribution is -2.10. The number of benzene rings is 1. The van der Waals surface area contributed by atoms with Crippen molar-refractivity contribution < 1.29 is 10.0 Å². The largest absolute Gasteiger partial charge is 0.502 e. The summed E-state index contributed by atoms with van der Waals surface area (Å²) in [5, 5.41) is 28.7. The number of nitro groups is 1. The van der Waals surface area contributed by atoms with E-state index in [1.54, 1.807) is 0 Å². The number of halogens is 2. The highest BCUT2D eigenvalue weighted by Crippen LogP contribution is 2.36. The zero-order chi connectivity index (χ0) is 12.3. The molecule has 1 aromatic carbocycles. The van der Waals surface area contributed by atoms with Crippen molar-refractivity contribution in [2.75, 3.05) is 0 Å². The van der Waals surface area contributed by atoms with Crippen molar-refractivity contribution >= 4 is 34.0 Å². The summed E-state index contributed by atoms with van der Waals surface area (Å²) in [6.07, 6.45) is -0.0266. The fourth-order valence-electron chi connectivity index (χ4n) is 1.24. The Morgan fingerprint density at radius 3 is 2.71 bits per heavy atom. The fraction of sp³-hybridized carbons (Fsp3) is 0.222. The first kappa shape index (κ1) is 15.6. The number of hydrogen-bond donors (Lipinski definition) is 2. The second-order valence-corrected chi connectivity index (χ2v) is 4.00. The summed E-state index contributed by atoms with van der Waals surface area (Å²) < 4.78 is 0.431. The Bertz CT molecular complexity index is 475. The maximum Gasteiger partial charge on any atom is 0.312 e. The Kier molecular flexibility index (Phi) is 5.88. The first-order chi connectivity index (χ1) is 7.47. The van der Waals surface area contributed by atoms with Crippen LogP contribution >= 0.6 is 28.3 Å². The average molecular weight is 323 g/mol. The van der Waals surface area contributed by atoms with Gasteiger partial charge in [0.25, 0.3) is 0 Å². The molecule has 17 heavy (non-hydrogen) atoms. The summed E-state index contributed by atoms with van der Waals surface area (Å²) in [6, 6.07) is 3.73. The van der Waals surface area contributed by atoms with E-state index in [-0.39, 0.29) is 24.4 Å².